The molecule has 6 nitrogen and oxygen atoms in total. The maximum Gasteiger partial charge on any atom is 0.278 e. The number of anilines is 1. The molecule has 0 aliphatic heterocycles. The Bertz CT molecular complexity index is 552. The maximum absolute atomic E-state index is 10.8. The Morgan fingerprint density at radius 1 is 1.50 bits per heavy atom. The van der Waals surface area contributed by atoms with Crippen molar-refractivity contribution in [3.05, 3.63) is 39.5 Å². The summed E-state index contributed by atoms with van der Waals surface area (Å²) in [5.41, 5.74) is 6.63. The van der Waals surface area contributed by atoms with Crippen molar-refractivity contribution in [2.75, 3.05) is 5.73 Å². The summed E-state index contributed by atoms with van der Waals surface area (Å²) in [4.78, 5) is 10.3. The first-order valence-electron chi connectivity index (χ1n) is 4.32. The van der Waals surface area contributed by atoms with Crippen LogP contribution in [0.25, 0.3) is 11.3 Å². The molecule has 82 valence electrons. The summed E-state index contributed by atoms with van der Waals surface area (Å²) >= 11 is 5.79. The normalized spacial score (nSPS) is 10.3. The van der Waals surface area contributed by atoms with E-state index in [4.69, 9.17) is 17.3 Å². The third-order valence-electron chi connectivity index (χ3n) is 2.09. The topological polar surface area (TPSA) is 97.8 Å². The summed E-state index contributed by atoms with van der Waals surface area (Å²) in [6.07, 6.45) is 1.39. The maximum atomic E-state index is 10.8. The minimum atomic E-state index is -0.494. The van der Waals surface area contributed by atoms with Gasteiger partial charge in [-0.15, -0.1) is 0 Å². The third-order valence-corrected chi connectivity index (χ3v) is 2.33. The van der Waals surface area contributed by atoms with Crippen molar-refractivity contribution >= 4 is 23.0 Å². The summed E-state index contributed by atoms with van der Waals surface area (Å²) in [6.45, 7) is 0. The van der Waals surface area contributed by atoms with E-state index in [1.807, 2.05) is 0 Å². The van der Waals surface area contributed by atoms with Gasteiger partial charge in [-0.05, 0) is 12.1 Å². The molecule has 0 saturated heterocycles. The fourth-order valence-electron chi connectivity index (χ4n) is 1.38. The first kappa shape index (κ1) is 10.4. The van der Waals surface area contributed by atoms with Gasteiger partial charge in [-0.1, -0.05) is 11.6 Å². The van der Waals surface area contributed by atoms with Gasteiger partial charge in [-0.25, -0.2) is 0 Å². The number of nitrogens with one attached hydrogen (secondary N) is 1. The van der Waals surface area contributed by atoms with Crippen LogP contribution >= 0.6 is 11.6 Å². The van der Waals surface area contributed by atoms with E-state index in [0.717, 1.165) is 0 Å². The molecule has 3 N–H and O–H groups in total. The lowest BCUT2D eigenvalue weighted by Crippen LogP contribution is -1.94. The Balaban J connectivity index is 2.67. The van der Waals surface area contributed by atoms with Crippen molar-refractivity contribution in [1.82, 2.24) is 10.2 Å². The zero-order chi connectivity index (χ0) is 11.7. The summed E-state index contributed by atoms with van der Waals surface area (Å²) in [5, 5.41) is 17.5. The molecule has 1 aromatic heterocycles. The van der Waals surface area contributed by atoms with E-state index in [0.29, 0.717) is 22.0 Å². The SMILES string of the molecule is Nc1cn[nH]c1-c1cc(Cl)ccc1[N+](=O)[O-]. The first-order valence-corrected chi connectivity index (χ1v) is 4.70. The quantitative estimate of drug-likeness (QED) is 0.619. The number of H-pyrrole nitrogens is 1. The van der Waals surface area contributed by atoms with Crippen LogP contribution in [0.2, 0.25) is 5.02 Å². The molecular weight excluding hydrogens is 232 g/mol. The zero-order valence-corrected chi connectivity index (χ0v) is 8.73. The molecular formula is C9H7ClN4O2. The molecule has 1 heterocycles. The smallest absolute Gasteiger partial charge is 0.278 e. The van der Waals surface area contributed by atoms with Gasteiger partial charge in [-0.3, -0.25) is 15.2 Å². The summed E-state index contributed by atoms with van der Waals surface area (Å²) in [5.74, 6) is 0. The molecule has 0 unspecified atom stereocenters. The molecule has 7 heteroatoms. The van der Waals surface area contributed by atoms with Gasteiger partial charge in [0.05, 0.1) is 28.1 Å². The van der Waals surface area contributed by atoms with E-state index in [9.17, 15) is 10.1 Å². The average molecular weight is 239 g/mol. The second-order valence-electron chi connectivity index (χ2n) is 3.12. The van der Waals surface area contributed by atoms with Gasteiger partial charge in [-0.2, -0.15) is 5.10 Å². The molecule has 0 spiro atoms. The minimum absolute atomic E-state index is 0.0691. The second kappa shape index (κ2) is 3.82. The molecule has 0 atom stereocenters. The lowest BCUT2D eigenvalue weighted by molar-refractivity contribution is -0.384. The number of aromatic amines is 1. The number of benzene rings is 1. The van der Waals surface area contributed by atoms with Crippen LogP contribution in [0, 0.1) is 10.1 Å². The van der Waals surface area contributed by atoms with E-state index in [1.54, 1.807) is 0 Å². The Morgan fingerprint density at radius 2 is 2.25 bits per heavy atom. The van der Waals surface area contributed by atoms with Gasteiger partial charge in [0.1, 0.15) is 0 Å². The fourth-order valence-corrected chi connectivity index (χ4v) is 1.55. The van der Waals surface area contributed by atoms with E-state index < -0.39 is 4.92 Å². The highest BCUT2D eigenvalue weighted by Gasteiger charge is 2.18. The Morgan fingerprint density at radius 3 is 2.81 bits per heavy atom. The highest BCUT2D eigenvalue weighted by Crippen LogP contribution is 2.33. The summed E-state index contributed by atoms with van der Waals surface area (Å²) in [6, 6.07) is 4.26. The van der Waals surface area contributed by atoms with E-state index >= 15 is 0 Å². The largest absolute Gasteiger partial charge is 0.396 e. The predicted octanol–water partition coefficient (Wildman–Crippen LogP) is 2.22. The molecule has 0 saturated carbocycles. The van der Waals surface area contributed by atoms with Gasteiger partial charge in [0.2, 0.25) is 0 Å². The number of hydrogen-bond acceptors (Lipinski definition) is 4. The molecule has 0 aliphatic carbocycles. The zero-order valence-electron chi connectivity index (χ0n) is 7.98. The van der Waals surface area contributed by atoms with Crippen LogP contribution in [0.15, 0.2) is 24.4 Å². The first-order chi connectivity index (χ1) is 7.59. The van der Waals surface area contributed by atoms with Crippen LogP contribution in [0.4, 0.5) is 11.4 Å². The van der Waals surface area contributed by atoms with Crippen LogP contribution in [0.3, 0.4) is 0 Å². The molecule has 2 aromatic rings. The van der Waals surface area contributed by atoms with Gasteiger partial charge in [0.15, 0.2) is 0 Å². The Kier molecular flexibility index (Phi) is 2.49. The molecule has 0 fully saturated rings. The number of halogens is 1. The molecule has 0 aliphatic rings. The Labute approximate surface area is 95.2 Å². The van der Waals surface area contributed by atoms with Gasteiger partial charge >= 0.3 is 0 Å². The van der Waals surface area contributed by atoms with Gasteiger partial charge < -0.3 is 5.73 Å². The number of nitrogens with two attached hydrogens (primary N) is 1. The molecule has 2 rings (SSSR count). The van der Waals surface area contributed by atoms with Crippen LogP contribution in [0.1, 0.15) is 0 Å². The fraction of sp³-hybridized carbons (Fsp3) is 0. The minimum Gasteiger partial charge on any atom is -0.396 e. The average Bonchev–Trinajstić information content (AvgIpc) is 2.63. The third kappa shape index (κ3) is 1.70. The Hall–Kier alpha value is -2.08. The number of aromatic nitrogens is 2. The van der Waals surface area contributed by atoms with Gasteiger partial charge in [0, 0.05) is 11.1 Å². The van der Waals surface area contributed by atoms with Crippen LogP contribution in [-0.4, -0.2) is 15.1 Å². The predicted molar refractivity (Wildman–Crippen MR) is 60.1 cm³/mol. The molecule has 16 heavy (non-hydrogen) atoms. The number of nitrogen functional groups attached to an aromatic ring is 1. The van der Waals surface area contributed by atoms with Crippen LogP contribution in [-0.2, 0) is 0 Å². The van der Waals surface area contributed by atoms with E-state index in [2.05, 4.69) is 10.2 Å². The molecule has 0 radical (unpaired) electrons. The molecule has 1 aromatic carbocycles. The number of hydrogen-bond donors (Lipinski definition) is 2. The van der Waals surface area contributed by atoms with Crippen LogP contribution < -0.4 is 5.73 Å². The monoisotopic (exact) mass is 238 g/mol. The van der Waals surface area contributed by atoms with E-state index in [-0.39, 0.29) is 5.69 Å². The van der Waals surface area contributed by atoms with Crippen molar-refractivity contribution in [2.24, 2.45) is 0 Å². The number of nitro benzene ring substituents is 1. The lowest BCUT2D eigenvalue weighted by Gasteiger charge is -2.02. The highest BCUT2D eigenvalue weighted by molar-refractivity contribution is 6.31. The number of nitrogens with zero attached hydrogens (tertiary/aromatic N) is 2. The summed E-state index contributed by atoms with van der Waals surface area (Å²) in [7, 11) is 0. The highest BCUT2D eigenvalue weighted by atomic mass is 35.5. The molecule has 0 amide bonds. The lowest BCUT2D eigenvalue weighted by atomic mass is 10.1. The van der Waals surface area contributed by atoms with E-state index in [1.165, 1.54) is 24.4 Å². The van der Waals surface area contributed by atoms with Crippen molar-refractivity contribution in [3.63, 3.8) is 0 Å². The van der Waals surface area contributed by atoms with Crippen molar-refractivity contribution in [3.8, 4) is 11.3 Å². The number of rotatable bonds is 2. The summed E-state index contributed by atoms with van der Waals surface area (Å²) < 4.78 is 0. The van der Waals surface area contributed by atoms with Crippen LogP contribution in [0.5, 0.6) is 0 Å². The number of nitro groups is 1. The van der Waals surface area contributed by atoms with Crippen molar-refractivity contribution < 1.29 is 4.92 Å². The second-order valence-corrected chi connectivity index (χ2v) is 3.56. The van der Waals surface area contributed by atoms with Crippen molar-refractivity contribution in [1.29, 1.82) is 0 Å². The standard InChI is InChI=1S/C9H7ClN4O2/c10-5-1-2-8(14(15)16)6(3-5)9-7(11)4-12-13-9/h1-4H,11H2,(H,12,13). The van der Waals surface area contributed by atoms with Gasteiger partial charge in [0.25, 0.3) is 5.69 Å². The molecule has 0 bridgehead atoms. The van der Waals surface area contributed by atoms with Crippen molar-refractivity contribution in [2.45, 2.75) is 0 Å².